The minimum Gasteiger partial charge on any atom is -0.376 e. The van der Waals surface area contributed by atoms with Gasteiger partial charge in [-0.15, -0.1) is 0 Å². The van der Waals surface area contributed by atoms with Gasteiger partial charge >= 0.3 is 0 Å². The summed E-state index contributed by atoms with van der Waals surface area (Å²) in [6.07, 6.45) is 6.82. The Hall–Kier alpha value is -3.36. The number of hydrogen-bond acceptors (Lipinski definition) is 2. The van der Waals surface area contributed by atoms with Crippen molar-refractivity contribution in [3.8, 4) is 0 Å². The molecule has 0 heterocycles. The van der Waals surface area contributed by atoms with Crippen molar-refractivity contribution >= 4 is 11.4 Å². The van der Waals surface area contributed by atoms with Crippen molar-refractivity contribution in [2.45, 2.75) is 58.0 Å². The first-order valence-electron chi connectivity index (χ1n) is 13.0. The highest BCUT2D eigenvalue weighted by atomic mass is 16.3. The predicted octanol–water partition coefficient (Wildman–Crippen LogP) is 8.40. The molecular formula is C33H37NO. The average Bonchev–Trinajstić information content (AvgIpc) is 2.92. The summed E-state index contributed by atoms with van der Waals surface area (Å²) in [6.45, 7) is 4.43. The van der Waals surface area contributed by atoms with Crippen LogP contribution in [0.2, 0.25) is 0 Å². The topological polar surface area (TPSA) is 32.3 Å². The molecule has 4 aromatic carbocycles. The van der Waals surface area contributed by atoms with Crippen molar-refractivity contribution < 1.29 is 5.11 Å². The van der Waals surface area contributed by atoms with Crippen molar-refractivity contribution in [1.29, 1.82) is 0 Å². The molecule has 0 aliphatic rings. The number of rotatable bonds is 11. The van der Waals surface area contributed by atoms with E-state index in [-0.39, 0.29) is 0 Å². The molecule has 0 amide bonds. The molecule has 0 saturated heterocycles. The largest absolute Gasteiger partial charge is 0.376 e. The van der Waals surface area contributed by atoms with E-state index >= 15 is 0 Å². The van der Waals surface area contributed by atoms with Crippen molar-refractivity contribution in [3.63, 3.8) is 0 Å². The van der Waals surface area contributed by atoms with Crippen LogP contribution in [0.5, 0.6) is 0 Å². The average molecular weight is 464 g/mol. The summed E-state index contributed by atoms with van der Waals surface area (Å²) in [6, 6.07) is 35.2. The Morgan fingerprint density at radius 1 is 0.600 bits per heavy atom. The van der Waals surface area contributed by atoms with Gasteiger partial charge in [0.1, 0.15) is 5.60 Å². The number of nitrogens with one attached hydrogen (secondary N) is 1. The molecule has 0 radical (unpaired) electrons. The van der Waals surface area contributed by atoms with Crippen LogP contribution < -0.4 is 5.32 Å². The lowest BCUT2D eigenvalue weighted by atomic mass is 9.79. The molecule has 0 unspecified atom stereocenters. The molecule has 0 aromatic heterocycles. The Kier molecular flexibility index (Phi) is 8.39. The zero-order valence-electron chi connectivity index (χ0n) is 21.0. The van der Waals surface area contributed by atoms with Gasteiger partial charge in [-0.1, -0.05) is 112 Å². The molecule has 0 aliphatic carbocycles. The number of aryl methyl sites for hydroxylation is 2. The monoisotopic (exact) mass is 463 g/mol. The number of benzene rings is 4. The Balaban J connectivity index is 1.79. The van der Waals surface area contributed by atoms with E-state index in [2.05, 4.69) is 67.7 Å². The van der Waals surface area contributed by atoms with Crippen LogP contribution in [-0.2, 0) is 18.4 Å². The molecule has 0 fully saturated rings. The van der Waals surface area contributed by atoms with Crippen LogP contribution in [-0.4, -0.2) is 5.11 Å². The highest BCUT2D eigenvalue weighted by Gasteiger charge is 2.36. The minimum absolute atomic E-state index is 0.839. The smallest absolute Gasteiger partial charge is 0.142 e. The molecule has 0 atom stereocenters. The summed E-state index contributed by atoms with van der Waals surface area (Å²) in [4.78, 5) is 0. The molecule has 0 spiro atoms. The molecule has 2 N–H and O–H groups in total. The van der Waals surface area contributed by atoms with Gasteiger partial charge in [0.2, 0.25) is 0 Å². The van der Waals surface area contributed by atoms with Gasteiger partial charge in [-0.3, -0.25) is 0 Å². The van der Waals surface area contributed by atoms with Crippen molar-refractivity contribution in [3.05, 3.63) is 131 Å². The number of aliphatic hydroxyl groups is 1. The van der Waals surface area contributed by atoms with E-state index < -0.39 is 5.60 Å². The Bertz CT molecular complexity index is 1130. The van der Waals surface area contributed by atoms with Crippen LogP contribution in [0.4, 0.5) is 11.4 Å². The number of anilines is 2. The molecule has 4 rings (SSSR count). The maximum Gasteiger partial charge on any atom is 0.142 e. The maximum absolute atomic E-state index is 12.6. The van der Waals surface area contributed by atoms with Crippen LogP contribution in [0.1, 0.15) is 67.3 Å². The molecule has 0 bridgehead atoms. The first-order valence-corrected chi connectivity index (χ1v) is 13.0. The molecular weight excluding hydrogens is 426 g/mol. The van der Waals surface area contributed by atoms with Crippen LogP contribution in [0.3, 0.4) is 0 Å². The van der Waals surface area contributed by atoms with Gasteiger partial charge in [0, 0.05) is 16.9 Å². The predicted molar refractivity (Wildman–Crippen MR) is 148 cm³/mol. The number of unbranched alkanes of at least 4 members (excludes halogenated alkanes) is 2. The summed E-state index contributed by atoms with van der Waals surface area (Å²) in [7, 11) is 0. The van der Waals surface area contributed by atoms with E-state index in [0.717, 1.165) is 40.9 Å². The first kappa shape index (κ1) is 24.8. The second-order valence-corrected chi connectivity index (χ2v) is 9.35. The zero-order chi connectivity index (χ0) is 24.5. The van der Waals surface area contributed by atoms with Crippen LogP contribution in [0.15, 0.2) is 103 Å². The fraction of sp³-hybridized carbons (Fsp3) is 0.273. The molecule has 35 heavy (non-hydrogen) atoms. The fourth-order valence-corrected chi connectivity index (χ4v) is 4.65. The van der Waals surface area contributed by atoms with E-state index in [0.29, 0.717) is 0 Å². The maximum atomic E-state index is 12.6. The highest BCUT2D eigenvalue weighted by Crippen LogP contribution is 2.41. The minimum atomic E-state index is -1.29. The summed E-state index contributed by atoms with van der Waals surface area (Å²) in [5, 5.41) is 16.1. The third kappa shape index (κ3) is 5.83. The van der Waals surface area contributed by atoms with Crippen LogP contribution >= 0.6 is 0 Å². The van der Waals surface area contributed by atoms with E-state index in [1.807, 2.05) is 54.6 Å². The Labute approximate surface area is 210 Å². The molecule has 4 aromatic rings. The van der Waals surface area contributed by atoms with Crippen molar-refractivity contribution in [2.75, 3.05) is 5.32 Å². The van der Waals surface area contributed by atoms with Crippen molar-refractivity contribution in [1.82, 2.24) is 0 Å². The van der Waals surface area contributed by atoms with E-state index in [1.54, 1.807) is 0 Å². The Morgan fingerprint density at radius 3 is 1.60 bits per heavy atom. The number of hydrogen-bond donors (Lipinski definition) is 2. The Morgan fingerprint density at radius 2 is 1.09 bits per heavy atom. The lowest BCUT2D eigenvalue weighted by Gasteiger charge is -2.32. The SMILES string of the molecule is CCCCc1ccc(C(O)(c2ccc(CCCC)cc2)c2ccccc2Nc2ccccc2)cc1. The quantitative estimate of drug-likeness (QED) is 0.219. The lowest BCUT2D eigenvalue weighted by molar-refractivity contribution is 0.126. The standard InChI is InChI=1S/C33H37NO/c1-3-5-12-26-18-22-28(23-19-26)33(35,29-24-20-27(21-25-29)13-6-4-2)31-16-10-11-17-32(31)34-30-14-8-7-9-15-30/h7-11,14-25,34-35H,3-6,12-13H2,1-2H3. The first-order chi connectivity index (χ1) is 17.1. The van der Waals surface area contributed by atoms with Gasteiger partial charge in [-0.25, -0.2) is 0 Å². The van der Waals surface area contributed by atoms with E-state index in [1.165, 1.54) is 36.8 Å². The second kappa shape index (κ2) is 11.9. The van der Waals surface area contributed by atoms with Gasteiger partial charge in [-0.05, 0) is 66.1 Å². The molecule has 2 heteroatoms. The normalized spacial score (nSPS) is 11.4. The third-order valence-corrected chi connectivity index (χ3v) is 6.75. The summed E-state index contributed by atoms with van der Waals surface area (Å²) >= 11 is 0. The van der Waals surface area contributed by atoms with Gasteiger partial charge in [-0.2, -0.15) is 0 Å². The van der Waals surface area contributed by atoms with Crippen LogP contribution in [0, 0.1) is 0 Å². The van der Waals surface area contributed by atoms with E-state index in [4.69, 9.17) is 0 Å². The lowest BCUT2D eigenvalue weighted by Crippen LogP contribution is -2.30. The van der Waals surface area contributed by atoms with Crippen molar-refractivity contribution in [2.24, 2.45) is 0 Å². The summed E-state index contributed by atoms with van der Waals surface area (Å²) in [5.41, 5.74) is 5.81. The number of para-hydroxylation sites is 2. The molecule has 2 nitrogen and oxygen atoms in total. The summed E-state index contributed by atoms with van der Waals surface area (Å²) in [5.74, 6) is 0. The van der Waals surface area contributed by atoms with Gasteiger partial charge in [0.25, 0.3) is 0 Å². The molecule has 0 saturated carbocycles. The van der Waals surface area contributed by atoms with Gasteiger partial charge in [0.15, 0.2) is 0 Å². The fourth-order valence-electron chi connectivity index (χ4n) is 4.65. The molecule has 0 aliphatic heterocycles. The van der Waals surface area contributed by atoms with Gasteiger partial charge < -0.3 is 10.4 Å². The molecule has 180 valence electrons. The summed E-state index contributed by atoms with van der Waals surface area (Å²) < 4.78 is 0. The van der Waals surface area contributed by atoms with E-state index in [9.17, 15) is 5.11 Å². The van der Waals surface area contributed by atoms with Crippen LogP contribution in [0.25, 0.3) is 0 Å². The van der Waals surface area contributed by atoms with Gasteiger partial charge in [0.05, 0.1) is 0 Å². The highest BCUT2D eigenvalue weighted by molar-refractivity contribution is 5.67. The zero-order valence-corrected chi connectivity index (χ0v) is 21.0. The second-order valence-electron chi connectivity index (χ2n) is 9.35. The third-order valence-electron chi connectivity index (χ3n) is 6.75.